The van der Waals surface area contributed by atoms with Crippen LogP contribution in [-0.4, -0.2) is 66.8 Å². The Balaban J connectivity index is 1.37. The number of nitrogens with zero attached hydrogens (tertiary/aromatic N) is 4. The highest BCUT2D eigenvalue weighted by Gasteiger charge is 2.33. The Morgan fingerprint density at radius 2 is 1.97 bits per heavy atom. The summed E-state index contributed by atoms with van der Waals surface area (Å²) in [4.78, 5) is 48.5. The standard InChI is InChI=1S/C23H26FN5O5/c1-16(30)2-4-19-15-28(23(32)34-19)18-3-5-21(20(24)14-18)27-10-11-29(33-13-12-27)22(31)26-17-6-8-25-9-7-17/h3,5-9,14,19H,2,4,10-13,15H2,1H3,(H,25,26,31)/t19-/m0/s1. The normalized spacial score (nSPS) is 18.5. The first kappa shape index (κ1) is 23.4. The van der Waals surface area contributed by atoms with Crippen LogP contribution in [0.2, 0.25) is 0 Å². The van der Waals surface area contributed by atoms with Crippen molar-refractivity contribution < 1.29 is 28.3 Å². The van der Waals surface area contributed by atoms with E-state index >= 15 is 4.39 Å². The van der Waals surface area contributed by atoms with Crippen LogP contribution in [-0.2, 0) is 14.4 Å². The zero-order valence-electron chi connectivity index (χ0n) is 18.8. The number of nitrogens with one attached hydrogen (secondary N) is 1. The SMILES string of the molecule is CC(=O)CC[C@H]1CN(c2ccc(N3CCON(C(=O)Nc4ccncc4)CC3)c(F)c2)C(=O)O1. The highest BCUT2D eigenvalue weighted by molar-refractivity contribution is 5.90. The molecule has 0 aliphatic carbocycles. The third-order valence-corrected chi connectivity index (χ3v) is 5.62. The average Bonchev–Trinajstić information content (AvgIpc) is 3.02. The molecule has 0 saturated carbocycles. The van der Waals surface area contributed by atoms with Crippen molar-refractivity contribution in [2.45, 2.75) is 25.9 Å². The van der Waals surface area contributed by atoms with Gasteiger partial charge in [-0.25, -0.2) is 19.0 Å². The van der Waals surface area contributed by atoms with Crippen LogP contribution in [0.25, 0.3) is 0 Å². The summed E-state index contributed by atoms with van der Waals surface area (Å²) >= 11 is 0. The van der Waals surface area contributed by atoms with Crippen LogP contribution < -0.4 is 15.1 Å². The predicted molar refractivity (Wildman–Crippen MR) is 122 cm³/mol. The second kappa shape index (κ2) is 10.5. The number of hydrogen-bond acceptors (Lipinski definition) is 7. The maximum absolute atomic E-state index is 15.0. The first-order valence-electron chi connectivity index (χ1n) is 11.0. The molecule has 10 nitrogen and oxygen atoms in total. The van der Waals surface area contributed by atoms with Crippen LogP contribution in [0.5, 0.6) is 0 Å². The van der Waals surface area contributed by atoms with Gasteiger partial charge in [0, 0.05) is 37.6 Å². The molecule has 0 radical (unpaired) electrons. The minimum atomic E-state index is -0.556. The average molecular weight is 471 g/mol. The molecule has 34 heavy (non-hydrogen) atoms. The fraction of sp³-hybridized carbons (Fsp3) is 0.391. The molecule has 1 N–H and O–H groups in total. The molecule has 2 aliphatic rings. The van der Waals surface area contributed by atoms with Crippen LogP contribution in [0, 0.1) is 5.82 Å². The third-order valence-electron chi connectivity index (χ3n) is 5.62. The summed E-state index contributed by atoms with van der Waals surface area (Å²) in [6.07, 6.45) is 2.96. The summed E-state index contributed by atoms with van der Waals surface area (Å²) in [7, 11) is 0. The minimum Gasteiger partial charge on any atom is -0.444 e. The summed E-state index contributed by atoms with van der Waals surface area (Å²) < 4.78 is 20.3. The molecule has 1 atom stereocenters. The van der Waals surface area contributed by atoms with Gasteiger partial charge in [-0.05, 0) is 43.7 Å². The van der Waals surface area contributed by atoms with Crippen LogP contribution in [0.15, 0.2) is 42.7 Å². The number of ketones is 1. The van der Waals surface area contributed by atoms with Gasteiger partial charge in [-0.1, -0.05) is 0 Å². The summed E-state index contributed by atoms with van der Waals surface area (Å²) in [6.45, 7) is 2.93. The molecule has 0 spiro atoms. The van der Waals surface area contributed by atoms with E-state index in [1.54, 1.807) is 41.6 Å². The Hall–Kier alpha value is -3.73. The third kappa shape index (κ3) is 5.60. The molecule has 11 heteroatoms. The van der Waals surface area contributed by atoms with E-state index in [0.717, 1.165) is 0 Å². The second-order valence-corrected chi connectivity index (χ2v) is 8.08. The second-order valence-electron chi connectivity index (χ2n) is 8.08. The van der Waals surface area contributed by atoms with Crippen molar-refractivity contribution in [2.24, 2.45) is 0 Å². The van der Waals surface area contributed by atoms with Crippen molar-refractivity contribution >= 4 is 35.0 Å². The summed E-state index contributed by atoms with van der Waals surface area (Å²) in [5, 5.41) is 3.94. The number of hydrogen-bond donors (Lipinski definition) is 1. The number of halogens is 1. The van der Waals surface area contributed by atoms with E-state index in [2.05, 4.69) is 10.3 Å². The molecule has 0 unspecified atom stereocenters. The van der Waals surface area contributed by atoms with Crippen molar-refractivity contribution in [3.63, 3.8) is 0 Å². The molecule has 3 amide bonds. The Morgan fingerprint density at radius 1 is 1.18 bits per heavy atom. The number of carbonyl (C=O) groups excluding carboxylic acids is 3. The van der Waals surface area contributed by atoms with Crippen molar-refractivity contribution in [3.8, 4) is 0 Å². The Kier molecular flexibility index (Phi) is 7.21. The molecule has 0 bridgehead atoms. The molecule has 3 heterocycles. The lowest BCUT2D eigenvalue weighted by molar-refractivity contribution is -0.117. The van der Waals surface area contributed by atoms with E-state index in [-0.39, 0.29) is 25.5 Å². The first-order chi connectivity index (χ1) is 16.4. The van der Waals surface area contributed by atoms with Gasteiger partial charge < -0.3 is 19.7 Å². The number of aromatic nitrogens is 1. The number of rotatable bonds is 6. The molecular formula is C23H26FN5O5. The topological polar surface area (TPSA) is 104 Å². The van der Waals surface area contributed by atoms with Crippen LogP contribution in [0.1, 0.15) is 19.8 Å². The van der Waals surface area contributed by atoms with Crippen LogP contribution >= 0.6 is 0 Å². The highest BCUT2D eigenvalue weighted by atomic mass is 19.1. The molecule has 1 aromatic heterocycles. The summed E-state index contributed by atoms with van der Waals surface area (Å²) in [6, 6.07) is 7.47. The number of hydroxylamine groups is 2. The molecular weight excluding hydrogens is 445 g/mol. The van der Waals surface area contributed by atoms with Crippen LogP contribution in [0.4, 0.5) is 31.0 Å². The van der Waals surface area contributed by atoms with Crippen molar-refractivity contribution in [3.05, 3.63) is 48.5 Å². The number of benzene rings is 1. The van der Waals surface area contributed by atoms with E-state index < -0.39 is 24.0 Å². The van der Waals surface area contributed by atoms with Crippen molar-refractivity contribution in [1.82, 2.24) is 10.0 Å². The molecule has 2 aliphatic heterocycles. The summed E-state index contributed by atoms with van der Waals surface area (Å²) in [5.41, 5.74) is 1.33. The largest absolute Gasteiger partial charge is 0.444 e. The highest BCUT2D eigenvalue weighted by Crippen LogP contribution is 2.29. The lowest BCUT2D eigenvalue weighted by atomic mass is 10.1. The molecule has 4 rings (SSSR count). The Labute approximate surface area is 196 Å². The molecule has 2 aromatic rings. The van der Waals surface area contributed by atoms with Crippen molar-refractivity contribution in [2.75, 3.05) is 47.9 Å². The molecule has 1 aromatic carbocycles. The van der Waals surface area contributed by atoms with Gasteiger partial charge in [0.15, 0.2) is 0 Å². The number of carbonyl (C=O) groups is 3. The number of pyridine rings is 1. The molecule has 180 valence electrons. The molecule has 2 fully saturated rings. The number of ether oxygens (including phenoxy) is 1. The number of amides is 3. The van der Waals surface area contributed by atoms with Gasteiger partial charge >= 0.3 is 12.1 Å². The lowest BCUT2D eigenvalue weighted by Crippen LogP contribution is -2.37. The predicted octanol–water partition coefficient (Wildman–Crippen LogP) is 3.20. The van der Waals surface area contributed by atoms with Crippen LogP contribution in [0.3, 0.4) is 0 Å². The summed E-state index contributed by atoms with van der Waals surface area (Å²) in [5.74, 6) is -0.466. The van der Waals surface area contributed by atoms with Gasteiger partial charge in [0.1, 0.15) is 17.7 Å². The van der Waals surface area contributed by atoms with E-state index in [4.69, 9.17) is 9.57 Å². The van der Waals surface area contributed by atoms with Gasteiger partial charge in [0.25, 0.3) is 0 Å². The van der Waals surface area contributed by atoms with E-state index in [1.165, 1.54) is 23.0 Å². The van der Waals surface area contributed by atoms with Gasteiger partial charge in [-0.15, -0.1) is 0 Å². The first-order valence-corrected chi connectivity index (χ1v) is 11.0. The quantitative estimate of drug-likeness (QED) is 0.690. The van der Waals surface area contributed by atoms with E-state index in [1.807, 2.05) is 0 Å². The Morgan fingerprint density at radius 3 is 2.71 bits per heavy atom. The van der Waals surface area contributed by atoms with Gasteiger partial charge in [0.2, 0.25) is 0 Å². The lowest BCUT2D eigenvalue weighted by Gasteiger charge is -2.24. The monoisotopic (exact) mass is 471 g/mol. The van der Waals surface area contributed by atoms with E-state index in [9.17, 15) is 14.4 Å². The zero-order chi connectivity index (χ0) is 24.1. The zero-order valence-corrected chi connectivity index (χ0v) is 18.8. The smallest absolute Gasteiger partial charge is 0.414 e. The fourth-order valence-corrected chi connectivity index (χ4v) is 3.84. The maximum Gasteiger partial charge on any atom is 0.414 e. The Bertz CT molecular complexity index is 1050. The maximum atomic E-state index is 15.0. The number of urea groups is 1. The number of Topliss-reactive ketones (excluding diaryl/α,β-unsaturated/α-hetero) is 1. The minimum absolute atomic E-state index is 0.0275. The van der Waals surface area contributed by atoms with E-state index in [0.29, 0.717) is 43.0 Å². The number of cyclic esters (lactones) is 1. The van der Waals surface area contributed by atoms with Gasteiger partial charge in [-0.2, -0.15) is 0 Å². The fourth-order valence-electron chi connectivity index (χ4n) is 3.84. The van der Waals surface area contributed by atoms with Gasteiger partial charge in [-0.3, -0.25) is 14.7 Å². The number of anilines is 3. The van der Waals surface area contributed by atoms with Crippen molar-refractivity contribution in [1.29, 1.82) is 0 Å². The van der Waals surface area contributed by atoms with Gasteiger partial charge in [0.05, 0.1) is 31.1 Å². The molecule has 2 saturated heterocycles.